The van der Waals surface area contributed by atoms with Gasteiger partial charge in [-0.3, -0.25) is 0 Å². The van der Waals surface area contributed by atoms with Gasteiger partial charge >= 0.3 is 0 Å². The zero-order chi connectivity index (χ0) is 43.6. The third-order valence-corrected chi connectivity index (χ3v) is 14.0. The van der Waals surface area contributed by atoms with E-state index in [1.54, 1.807) is 0 Å². The van der Waals surface area contributed by atoms with Crippen molar-refractivity contribution in [3.05, 3.63) is 231 Å². The average molecular weight is 859 g/mol. The summed E-state index contributed by atoms with van der Waals surface area (Å²) in [6.07, 6.45) is 0. The maximum atomic E-state index is 5.44. The lowest BCUT2D eigenvalue weighted by molar-refractivity contribution is 1.06. The Labute approximate surface area is 385 Å². The molecule has 0 amide bonds. The molecule has 0 saturated heterocycles. The van der Waals surface area contributed by atoms with Crippen molar-refractivity contribution in [2.45, 2.75) is 0 Å². The molecule has 4 nitrogen and oxygen atoms in total. The fourth-order valence-corrected chi connectivity index (χ4v) is 10.8. The molecule has 3 heterocycles. The number of hydrogen-bond donors (Lipinski definition) is 0. The van der Waals surface area contributed by atoms with Crippen LogP contribution in [0.5, 0.6) is 0 Å². The van der Waals surface area contributed by atoms with E-state index < -0.39 is 0 Å². The second-order valence-electron chi connectivity index (χ2n) is 16.8. The number of rotatable bonds is 7. The van der Waals surface area contributed by atoms with E-state index in [-0.39, 0.29) is 0 Å². The van der Waals surface area contributed by atoms with Gasteiger partial charge in [-0.15, -0.1) is 11.3 Å². The largest absolute Gasteiger partial charge is 0.308 e. The van der Waals surface area contributed by atoms with Crippen LogP contribution in [0, 0.1) is 0 Å². The Morgan fingerprint density at radius 1 is 0.288 bits per heavy atom. The summed E-state index contributed by atoms with van der Waals surface area (Å²) >= 11 is 1.84. The lowest BCUT2D eigenvalue weighted by Crippen LogP contribution is -2.04. The predicted molar refractivity (Wildman–Crippen MR) is 277 cm³/mol. The van der Waals surface area contributed by atoms with Gasteiger partial charge in [-0.05, 0) is 98.8 Å². The highest BCUT2D eigenvalue weighted by atomic mass is 32.1. The van der Waals surface area contributed by atoms with Gasteiger partial charge in [0.2, 0.25) is 0 Å². The molecule has 3 aromatic heterocycles. The van der Waals surface area contributed by atoms with Crippen molar-refractivity contribution >= 4 is 64.1 Å². The number of fused-ring (bicyclic) bond motifs is 7. The smallest absolute Gasteiger partial charge is 0.166 e. The van der Waals surface area contributed by atoms with E-state index in [1.807, 2.05) is 11.3 Å². The van der Waals surface area contributed by atoms with E-state index in [4.69, 9.17) is 15.0 Å². The third kappa shape index (κ3) is 6.48. The van der Waals surface area contributed by atoms with Gasteiger partial charge in [0, 0.05) is 47.6 Å². The summed E-state index contributed by atoms with van der Waals surface area (Å²) in [5, 5.41) is 7.34. The van der Waals surface area contributed by atoms with Crippen LogP contribution < -0.4 is 0 Å². The van der Waals surface area contributed by atoms with Crippen molar-refractivity contribution in [1.29, 1.82) is 0 Å². The molecule has 13 aromatic rings. The zero-order valence-corrected chi connectivity index (χ0v) is 36.5. The van der Waals surface area contributed by atoms with Gasteiger partial charge in [-0.2, -0.15) is 0 Å². The molecule has 0 saturated carbocycles. The first-order chi connectivity index (χ1) is 32.7. The number of benzene rings is 10. The lowest BCUT2D eigenvalue weighted by Gasteiger charge is -2.17. The normalized spacial score (nSPS) is 11.6. The molecule has 66 heavy (non-hydrogen) atoms. The Morgan fingerprint density at radius 3 is 1.58 bits per heavy atom. The Kier molecular flexibility index (Phi) is 9.00. The van der Waals surface area contributed by atoms with Gasteiger partial charge in [-0.1, -0.05) is 176 Å². The maximum absolute atomic E-state index is 5.44. The average Bonchev–Trinajstić information content (AvgIpc) is 3.94. The summed E-state index contributed by atoms with van der Waals surface area (Å²) in [6, 6.07) is 82.3. The molecule has 0 radical (unpaired) electrons. The topological polar surface area (TPSA) is 43.6 Å². The van der Waals surface area contributed by atoms with E-state index >= 15 is 0 Å². The van der Waals surface area contributed by atoms with Gasteiger partial charge in [0.15, 0.2) is 17.5 Å². The summed E-state index contributed by atoms with van der Waals surface area (Å²) < 4.78 is 4.96. The minimum Gasteiger partial charge on any atom is -0.308 e. The first-order valence-electron chi connectivity index (χ1n) is 22.3. The van der Waals surface area contributed by atoms with Crippen molar-refractivity contribution in [1.82, 2.24) is 19.5 Å². The molecule has 10 aromatic carbocycles. The van der Waals surface area contributed by atoms with Crippen LogP contribution in [0.2, 0.25) is 0 Å². The molecule has 0 unspecified atom stereocenters. The molecular weight excluding hydrogens is 821 g/mol. The van der Waals surface area contributed by atoms with Crippen LogP contribution in [0.1, 0.15) is 0 Å². The highest BCUT2D eigenvalue weighted by molar-refractivity contribution is 7.25. The molecule has 0 aliphatic rings. The van der Waals surface area contributed by atoms with Gasteiger partial charge in [-0.25, -0.2) is 15.0 Å². The van der Waals surface area contributed by atoms with Crippen LogP contribution in [0.15, 0.2) is 231 Å². The van der Waals surface area contributed by atoms with Crippen LogP contribution in [0.3, 0.4) is 0 Å². The summed E-state index contributed by atoms with van der Waals surface area (Å²) in [4.78, 5) is 16.2. The molecule has 0 spiro atoms. The van der Waals surface area contributed by atoms with Crippen LogP contribution in [-0.4, -0.2) is 19.5 Å². The van der Waals surface area contributed by atoms with Gasteiger partial charge in [0.1, 0.15) is 0 Å². The predicted octanol–water partition coefficient (Wildman–Crippen LogP) is 16.5. The second kappa shape index (κ2) is 15.6. The fraction of sp³-hybridized carbons (Fsp3) is 0. The maximum Gasteiger partial charge on any atom is 0.166 e. The van der Waals surface area contributed by atoms with Crippen LogP contribution in [0.25, 0.3) is 126 Å². The van der Waals surface area contributed by atoms with E-state index in [9.17, 15) is 0 Å². The molecule has 0 aliphatic heterocycles. The van der Waals surface area contributed by atoms with E-state index in [0.717, 1.165) is 66.8 Å². The highest BCUT2D eigenvalue weighted by Gasteiger charge is 2.21. The molecule has 5 heteroatoms. The van der Waals surface area contributed by atoms with Crippen LogP contribution in [-0.2, 0) is 0 Å². The summed E-state index contributed by atoms with van der Waals surface area (Å²) in [5.41, 5.74) is 12.7. The number of hydrogen-bond acceptors (Lipinski definition) is 4. The van der Waals surface area contributed by atoms with E-state index in [0.29, 0.717) is 17.5 Å². The SMILES string of the molecule is c1ccc(-c2ccc(-c3nc(-c4cccc(-c5ccc6sc7ccccc7c6c5)c4)nc(-c4cccc(-c5cccc6ccccc56)c4)n3)c(-n3c4ccccc4c4ccccc43)c2)cc1. The van der Waals surface area contributed by atoms with Crippen molar-refractivity contribution in [2.75, 3.05) is 0 Å². The number of para-hydroxylation sites is 2. The first-order valence-corrected chi connectivity index (χ1v) is 23.1. The van der Waals surface area contributed by atoms with Gasteiger partial charge in [0.05, 0.1) is 16.7 Å². The molecule has 0 fully saturated rings. The third-order valence-electron chi connectivity index (χ3n) is 12.9. The minimum atomic E-state index is 0.596. The molecule has 13 rings (SSSR count). The first kappa shape index (κ1) is 38.0. The number of aromatic nitrogens is 4. The van der Waals surface area contributed by atoms with Crippen LogP contribution in [0.4, 0.5) is 0 Å². The Morgan fingerprint density at radius 2 is 0.803 bits per heavy atom. The van der Waals surface area contributed by atoms with Crippen molar-refractivity contribution in [3.8, 4) is 73.2 Å². The monoisotopic (exact) mass is 858 g/mol. The lowest BCUT2D eigenvalue weighted by atomic mass is 9.97. The van der Waals surface area contributed by atoms with E-state index in [2.05, 4.69) is 235 Å². The molecule has 0 bridgehead atoms. The molecule has 0 aliphatic carbocycles. The molecule has 0 N–H and O–H groups in total. The Bertz CT molecular complexity index is 3960. The second-order valence-corrected chi connectivity index (χ2v) is 17.9. The zero-order valence-electron chi connectivity index (χ0n) is 35.6. The van der Waals surface area contributed by atoms with Crippen LogP contribution >= 0.6 is 11.3 Å². The number of thiophene rings is 1. The number of nitrogens with zero attached hydrogens (tertiary/aromatic N) is 4. The van der Waals surface area contributed by atoms with Gasteiger partial charge in [0.25, 0.3) is 0 Å². The minimum absolute atomic E-state index is 0.596. The molecular formula is C61H38N4S. The van der Waals surface area contributed by atoms with Crippen molar-refractivity contribution < 1.29 is 0 Å². The molecule has 308 valence electrons. The summed E-state index contributed by atoms with van der Waals surface area (Å²) in [7, 11) is 0. The standard InChI is InChI=1S/C61H38N4S/c1-2-15-39(16-3-1)43-31-33-52(56(38-43)65-54-28-9-6-24-49(54)50-25-7-10-29-55(50)65)61-63-59(45-21-12-19-41(35-45)42-32-34-58-53(37-42)51-26-8-11-30-57(51)66-58)62-60(64-61)46-22-13-20-44(36-46)48-27-14-18-40-17-4-5-23-47(40)48/h1-38H. The van der Waals surface area contributed by atoms with E-state index in [1.165, 1.54) is 41.7 Å². The fourth-order valence-electron chi connectivity index (χ4n) is 9.70. The highest BCUT2D eigenvalue weighted by Crippen LogP contribution is 2.40. The quantitative estimate of drug-likeness (QED) is 0.160. The molecule has 0 atom stereocenters. The Hall–Kier alpha value is -8.51. The summed E-state index contributed by atoms with van der Waals surface area (Å²) in [5.74, 6) is 1.81. The Balaban J connectivity index is 1.04. The van der Waals surface area contributed by atoms with Crippen molar-refractivity contribution in [3.63, 3.8) is 0 Å². The van der Waals surface area contributed by atoms with Crippen molar-refractivity contribution in [2.24, 2.45) is 0 Å². The summed E-state index contributed by atoms with van der Waals surface area (Å²) in [6.45, 7) is 0. The van der Waals surface area contributed by atoms with Gasteiger partial charge < -0.3 is 4.57 Å².